The van der Waals surface area contributed by atoms with Crippen molar-refractivity contribution in [2.45, 2.75) is 13.1 Å². The summed E-state index contributed by atoms with van der Waals surface area (Å²) in [5, 5.41) is 12.7. The van der Waals surface area contributed by atoms with Crippen molar-refractivity contribution in [1.82, 2.24) is 10.3 Å². The van der Waals surface area contributed by atoms with Crippen molar-refractivity contribution in [3.63, 3.8) is 0 Å². The molecule has 19 heavy (non-hydrogen) atoms. The minimum atomic E-state index is -1.02. The Morgan fingerprint density at radius 3 is 2.74 bits per heavy atom. The summed E-state index contributed by atoms with van der Waals surface area (Å²) in [6, 6.07) is 12.5. The minimum Gasteiger partial charge on any atom is -0.477 e. The lowest BCUT2D eigenvalue weighted by Gasteiger charge is -2.05. The molecule has 2 N–H and O–H groups in total. The summed E-state index contributed by atoms with van der Waals surface area (Å²) in [4.78, 5) is 14.8. The molecule has 0 saturated carbocycles. The van der Waals surface area contributed by atoms with Gasteiger partial charge in [0.1, 0.15) is 5.69 Å². The van der Waals surface area contributed by atoms with Crippen molar-refractivity contribution in [3.05, 3.63) is 64.4 Å². The van der Waals surface area contributed by atoms with Crippen LogP contribution in [-0.4, -0.2) is 16.1 Å². The van der Waals surface area contributed by atoms with Gasteiger partial charge in [-0.1, -0.05) is 29.8 Å². The maximum atomic E-state index is 10.8. The normalized spacial score (nSPS) is 10.4. The first kappa shape index (κ1) is 13.5. The highest BCUT2D eigenvalue weighted by Crippen LogP contribution is 2.10. The number of benzene rings is 1. The molecule has 98 valence electrons. The van der Waals surface area contributed by atoms with Crippen LogP contribution in [0.4, 0.5) is 0 Å². The van der Waals surface area contributed by atoms with E-state index in [1.54, 1.807) is 12.1 Å². The fourth-order valence-corrected chi connectivity index (χ4v) is 1.89. The lowest BCUT2D eigenvalue weighted by molar-refractivity contribution is 0.0690. The predicted octanol–water partition coefficient (Wildman–Crippen LogP) is 2.72. The number of hydrogen-bond acceptors (Lipinski definition) is 3. The standard InChI is InChI=1S/C14H13ClN2O2/c15-11-4-1-3-10(7-11)8-16-9-12-5-2-6-13(17-12)14(18)19/h1-7,16H,8-9H2,(H,18,19). The third-order valence-corrected chi connectivity index (χ3v) is 2.79. The van der Waals surface area contributed by atoms with Crippen molar-refractivity contribution in [2.24, 2.45) is 0 Å². The Balaban J connectivity index is 1.92. The first-order chi connectivity index (χ1) is 9.15. The molecule has 1 aromatic carbocycles. The van der Waals surface area contributed by atoms with Crippen molar-refractivity contribution in [1.29, 1.82) is 0 Å². The van der Waals surface area contributed by atoms with E-state index in [1.807, 2.05) is 24.3 Å². The molecule has 0 aliphatic rings. The number of rotatable bonds is 5. The van der Waals surface area contributed by atoms with Crippen LogP contribution in [0.1, 0.15) is 21.7 Å². The quantitative estimate of drug-likeness (QED) is 0.881. The fraction of sp³-hybridized carbons (Fsp3) is 0.143. The van der Waals surface area contributed by atoms with E-state index in [2.05, 4.69) is 10.3 Å². The number of halogens is 1. The van der Waals surface area contributed by atoms with Gasteiger partial charge in [0, 0.05) is 18.1 Å². The van der Waals surface area contributed by atoms with Crippen molar-refractivity contribution >= 4 is 17.6 Å². The van der Waals surface area contributed by atoms with Crippen molar-refractivity contribution in [2.75, 3.05) is 0 Å². The second-order valence-corrected chi connectivity index (χ2v) is 4.49. The topological polar surface area (TPSA) is 62.2 Å². The van der Waals surface area contributed by atoms with Crippen LogP contribution in [0.3, 0.4) is 0 Å². The van der Waals surface area contributed by atoms with Crippen LogP contribution in [0.15, 0.2) is 42.5 Å². The molecule has 0 spiro atoms. The van der Waals surface area contributed by atoms with Gasteiger partial charge in [-0.05, 0) is 29.8 Å². The van der Waals surface area contributed by atoms with Crippen LogP contribution in [0.5, 0.6) is 0 Å². The largest absolute Gasteiger partial charge is 0.477 e. The van der Waals surface area contributed by atoms with Crippen LogP contribution in [0.25, 0.3) is 0 Å². The summed E-state index contributed by atoms with van der Waals surface area (Å²) >= 11 is 5.89. The van der Waals surface area contributed by atoms with Gasteiger partial charge >= 0.3 is 5.97 Å². The number of pyridine rings is 1. The number of aromatic nitrogens is 1. The number of nitrogens with zero attached hydrogens (tertiary/aromatic N) is 1. The Morgan fingerprint density at radius 1 is 1.21 bits per heavy atom. The van der Waals surface area contributed by atoms with Crippen LogP contribution in [0, 0.1) is 0 Å². The van der Waals surface area contributed by atoms with E-state index in [-0.39, 0.29) is 5.69 Å². The molecule has 0 fully saturated rings. The molecule has 0 radical (unpaired) electrons. The zero-order chi connectivity index (χ0) is 13.7. The predicted molar refractivity (Wildman–Crippen MR) is 73.2 cm³/mol. The van der Waals surface area contributed by atoms with Gasteiger partial charge in [-0.15, -0.1) is 0 Å². The maximum Gasteiger partial charge on any atom is 0.354 e. The van der Waals surface area contributed by atoms with Crippen molar-refractivity contribution < 1.29 is 9.90 Å². The van der Waals surface area contributed by atoms with Gasteiger partial charge < -0.3 is 10.4 Å². The van der Waals surface area contributed by atoms with E-state index >= 15 is 0 Å². The molecule has 4 nitrogen and oxygen atoms in total. The molecule has 0 amide bonds. The summed E-state index contributed by atoms with van der Waals surface area (Å²) in [6.45, 7) is 1.16. The zero-order valence-corrected chi connectivity index (χ0v) is 10.9. The third kappa shape index (κ3) is 4.05. The van der Waals surface area contributed by atoms with Gasteiger partial charge in [0.05, 0.1) is 5.69 Å². The summed E-state index contributed by atoms with van der Waals surface area (Å²) in [5.41, 5.74) is 1.82. The lowest BCUT2D eigenvalue weighted by Crippen LogP contribution is -2.14. The summed E-state index contributed by atoms with van der Waals surface area (Å²) < 4.78 is 0. The molecule has 5 heteroatoms. The van der Waals surface area contributed by atoms with Gasteiger partial charge in [0.25, 0.3) is 0 Å². The number of carboxylic acid groups (broad SMARTS) is 1. The molecular weight excluding hydrogens is 264 g/mol. The van der Waals surface area contributed by atoms with Gasteiger partial charge in [0.2, 0.25) is 0 Å². The van der Waals surface area contributed by atoms with Gasteiger partial charge in [-0.3, -0.25) is 0 Å². The SMILES string of the molecule is O=C(O)c1cccc(CNCc2cccc(Cl)c2)n1. The molecule has 0 saturated heterocycles. The lowest BCUT2D eigenvalue weighted by atomic mass is 10.2. The van der Waals surface area contributed by atoms with Crippen LogP contribution < -0.4 is 5.32 Å². The third-order valence-electron chi connectivity index (χ3n) is 2.55. The Morgan fingerprint density at radius 2 is 2.00 bits per heavy atom. The molecule has 2 rings (SSSR count). The summed E-state index contributed by atoms with van der Waals surface area (Å²) in [5.74, 6) is -1.02. The molecular formula is C14H13ClN2O2. The monoisotopic (exact) mass is 276 g/mol. The summed E-state index contributed by atoms with van der Waals surface area (Å²) in [6.07, 6.45) is 0. The molecule has 0 aliphatic heterocycles. The second kappa shape index (κ2) is 6.31. The second-order valence-electron chi connectivity index (χ2n) is 4.05. The first-order valence-corrected chi connectivity index (χ1v) is 6.17. The van der Waals surface area contributed by atoms with Crippen molar-refractivity contribution in [3.8, 4) is 0 Å². The number of carbonyl (C=O) groups is 1. The zero-order valence-electron chi connectivity index (χ0n) is 10.1. The van der Waals surface area contributed by atoms with Crippen LogP contribution >= 0.6 is 11.6 Å². The first-order valence-electron chi connectivity index (χ1n) is 5.79. The minimum absolute atomic E-state index is 0.0575. The summed E-state index contributed by atoms with van der Waals surface area (Å²) in [7, 11) is 0. The Labute approximate surface area is 116 Å². The van der Waals surface area contributed by atoms with E-state index in [4.69, 9.17) is 16.7 Å². The molecule has 0 unspecified atom stereocenters. The average molecular weight is 277 g/mol. The highest BCUT2D eigenvalue weighted by atomic mass is 35.5. The smallest absolute Gasteiger partial charge is 0.354 e. The highest BCUT2D eigenvalue weighted by Gasteiger charge is 2.04. The molecule has 1 heterocycles. The van der Waals surface area contributed by atoms with Gasteiger partial charge in [-0.25, -0.2) is 9.78 Å². The van der Waals surface area contributed by atoms with E-state index in [0.29, 0.717) is 23.8 Å². The highest BCUT2D eigenvalue weighted by molar-refractivity contribution is 6.30. The maximum absolute atomic E-state index is 10.8. The Hall–Kier alpha value is -1.91. The van der Waals surface area contributed by atoms with Crippen LogP contribution in [0.2, 0.25) is 5.02 Å². The molecule has 0 atom stereocenters. The number of nitrogens with one attached hydrogen (secondary N) is 1. The van der Waals surface area contributed by atoms with E-state index in [1.165, 1.54) is 6.07 Å². The fourth-order valence-electron chi connectivity index (χ4n) is 1.68. The molecule has 1 aromatic heterocycles. The van der Waals surface area contributed by atoms with Gasteiger partial charge in [0.15, 0.2) is 0 Å². The number of aromatic carboxylic acids is 1. The van der Waals surface area contributed by atoms with Crippen LogP contribution in [-0.2, 0) is 13.1 Å². The molecule has 0 aliphatic carbocycles. The van der Waals surface area contributed by atoms with E-state index in [9.17, 15) is 4.79 Å². The Kier molecular flexibility index (Phi) is 4.49. The average Bonchev–Trinajstić information content (AvgIpc) is 2.39. The van der Waals surface area contributed by atoms with Gasteiger partial charge in [-0.2, -0.15) is 0 Å². The molecule has 0 bridgehead atoms. The number of carboxylic acids is 1. The van der Waals surface area contributed by atoms with E-state index in [0.717, 1.165) is 5.56 Å². The molecule has 2 aromatic rings. The number of hydrogen-bond donors (Lipinski definition) is 2. The van der Waals surface area contributed by atoms with E-state index < -0.39 is 5.97 Å². The Bertz CT molecular complexity index is 587.